The van der Waals surface area contributed by atoms with Crippen LogP contribution in [0.5, 0.6) is 0 Å². The summed E-state index contributed by atoms with van der Waals surface area (Å²) in [7, 11) is 2.32. The van der Waals surface area contributed by atoms with Crippen molar-refractivity contribution < 1.29 is 22.8 Å². The minimum Gasteiger partial charge on any atom is -0.377 e. The zero-order valence-corrected chi connectivity index (χ0v) is 14.1. The molecule has 1 rings (SSSR count). The molecule has 20 heavy (non-hydrogen) atoms. The summed E-state index contributed by atoms with van der Waals surface area (Å²) in [6.45, 7) is 7.34. The van der Waals surface area contributed by atoms with Crippen molar-refractivity contribution in [1.82, 2.24) is 0 Å². The Morgan fingerprint density at radius 2 is 1.90 bits per heavy atom. The van der Waals surface area contributed by atoms with E-state index in [0.29, 0.717) is 12.7 Å². The Balaban J connectivity index is 2.57. The van der Waals surface area contributed by atoms with Crippen LogP contribution >= 0.6 is 0 Å². The maximum absolute atomic E-state index is 5.81. The molecule has 0 aromatic carbocycles. The van der Waals surface area contributed by atoms with Crippen molar-refractivity contribution in [3.05, 3.63) is 12.7 Å². The summed E-state index contributed by atoms with van der Waals surface area (Å²) in [6, 6.07) is 0. The monoisotopic (exact) mass is 304 g/mol. The summed E-state index contributed by atoms with van der Waals surface area (Å²) < 4.78 is 27.8. The molecule has 3 atom stereocenters. The van der Waals surface area contributed by atoms with Gasteiger partial charge in [0.25, 0.3) is 0 Å². The molecule has 5 nitrogen and oxygen atoms in total. The van der Waals surface area contributed by atoms with Gasteiger partial charge in [-0.25, -0.2) is 0 Å². The predicted octanol–water partition coefficient (Wildman–Crippen LogP) is 2.39. The van der Waals surface area contributed by atoms with Gasteiger partial charge in [0.1, 0.15) is 6.10 Å². The number of epoxide rings is 1. The van der Waals surface area contributed by atoms with Gasteiger partial charge in [-0.05, 0) is 26.2 Å². The summed E-state index contributed by atoms with van der Waals surface area (Å²) in [5.41, 5.74) is 0.204. The minimum absolute atomic E-state index is 0.126. The first-order chi connectivity index (χ1) is 9.61. The fourth-order valence-electron chi connectivity index (χ4n) is 2.41. The number of ether oxygens (including phenoxy) is 2. The normalized spacial score (nSPS) is 21.5. The molecule has 0 saturated carbocycles. The molecular formula is C14H28O5Si. The van der Waals surface area contributed by atoms with E-state index < -0.39 is 8.80 Å². The van der Waals surface area contributed by atoms with Crippen molar-refractivity contribution in [2.75, 3.05) is 34.5 Å². The lowest BCUT2D eigenvalue weighted by Gasteiger charge is -2.33. The Morgan fingerprint density at radius 3 is 2.35 bits per heavy atom. The lowest BCUT2D eigenvalue weighted by Crippen LogP contribution is -2.48. The maximum atomic E-state index is 5.81. The molecule has 0 spiro atoms. The number of hydrogen-bond acceptors (Lipinski definition) is 5. The smallest absolute Gasteiger partial charge is 0.377 e. The van der Waals surface area contributed by atoms with Crippen molar-refractivity contribution in [2.24, 2.45) is 0 Å². The van der Waals surface area contributed by atoms with Crippen LogP contribution in [0.15, 0.2) is 12.7 Å². The second-order valence-electron chi connectivity index (χ2n) is 5.11. The van der Waals surface area contributed by atoms with Gasteiger partial charge in [0.2, 0.25) is 0 Å². The van der Waals surface area contributed by atoms with Gasteiger partial charge < -0.3 is 22.8 Å². The minimum atomic E-state index is -2.65. The molecular weight excluding hydrogens is 276 g/mol. The molecule has 1 heterocycles. The highest BCUT2D eigenvalue weighted by atomic mass is 28.4. The van der Waals surface area contributed by atoms with E-state index in [0.717, 1.165) is 25.9 Å². The Kier molecular flexibility index (Phi) is 7.94. The van der Waals surface area contributed by atoms with Crippen LogP contribution in [-0.2, 0) is 22.8 Å². The van der Waals surface area contributed by atoms with Crippen molar-refractivity contribution in [3.63, 3.8) is 0 Å². The largest absolute Gasteiger partial charge is 0.503 e. The van der Waals surface area contributed by atoms with Gasteiger partial charge >= 0.3 is 8.80 Å². The first-order valence-electron chi connectivity index (χ1n) is 7.11. The third kappa shape index (κ3) is 5.27. The van der Waals surface area contributed by atoms with E-state index in [1.165, 1.54) is 0 Å². The molecule has 1 aliphatic rings. The molecule has 1 saturated heterocycles. The highest BCUT2D eigenvalue weighted by Crippen LogP contribution is 2.34. The Hall–Kier alpha value is -0.243. The average Bonchev–Trinajstić information content (AvgIpc) is 3.28. The van der Waals surface area contributed by atoms with Gasteiger partial charge in [-0.3, -0.25) is 0 Å². The molecule has 0 aromatic rings. The van der Waals surface area contributed by atoms with Gasteiger partial charge in [-0.2, -0.15) is 0 Å². The first kappa shape index (κ1) is 17.8. The summed E-state index contributed by atoms with van der Waals surface area (Å²) in [5, 5.41) is 0. The lowest BCUT2D eigenvalue weighted by molar-refractivity contribution is 0.0369. The summed E-state index contributed by atoms with van der Waals surface area (Å²) in [4.78, 5) is 0. The number of rotatable bonds is 12. The van der Waals surface area contributed by atoms with Crippen molar-refractivity contribution in [1.29, 1.82) is 0 Å². The third-order valence-corrected chi connectivity index (χ3v) is 6.89. The first-order valence-corrected chi connectivity index (χ1v) is 8.91. The van der Waals surface area contributed by atoms with Gasteiger partial charge in [-0.1, -0.05) is 6.08 Å². The Labute approximate surface area is 123 Å². The molecule has 118 valence electrons. The summed E-state index contributed by atoms with van der Waals surface area (Å²) in [6.07, 6.45) is 5.02. The fraction of sp³-hybridized carbons (Fsp3) is 0.857. The molecule has 0 amide bonds. The quantitative estimate of drug-likeness (QED) is 0.315. The molecule has 0 radical (unpaired) electrons. The molecule has 6 heteroatoms. The summed E-state index contributed by atoms with van der Waals surface area (Å²) >= 11 is 0. The van der Waals surface area contributed by atoms with E-state index in [1.54, 1.807) is 21.3 Å². The number of allylic oxidation sites excluding steroid dienone is 1. The van der Waals surface area contributed by atoms with E-state index in [4.69, 9.17) is 22.8 Å². The lowest BCUT2D eigenvalue weighted by atomic mass is 10.1. The van der Waals surface area contributed by atoms with Crippen LogP contribution in [0.2, 0.25) is 5.54 Å². The standard InChI is InChI=1S/C14H28O5Si/c1-6-7-8-14(20(15-3,16-4)17-5)9-12(2)18-10-13-11-19-13/h6,12-14H,1,7-11H2,2-5H3. The highest BCUT2D eigenvalue weighted by molar-refractivity contribution is 6.62. The molecule has 0 aliphatic carbocycles. The second kappa shape index (κ2) is 8.91. The maximum Gasteiger partial charge on any atom is 0.503 e. The van der Waals surface area contributed by atoms with Gasteiger partial charge in [-0.15, -0.1) is 6.58 Å². The van der Waals surface area contributed by atoms with Gasteiger partial charge in [0.05, 0.1) is 19.3 Å². The molecule has 3 unspecified atom stereocenters. The molecule has 1 aliphatic heterocycles. The van der Waals surface area contributed by atoms with E-state index in [9.17, 15) is 0 Å². The van der Waals surface area contributed by atoms with Crippen LogP contribution in [0.1, 0.15) is 26.2 Å². The molecule has 0 N–H and O–H groups in total. The SMILES string of the molecule is C=CCCC(CC(C)OCC1CO1)[Si](OC)(OC)OC. The van der Waals surface area contributed by atoms with E-state index in [-0.39, 0.29) is 11.6 Å². The average molecular weight is 304 g/mol. The van der Waals surface area contributed by atoms with Crippen LogP contribution in [0.4, 0.5) is 0 Å². The number of hydrogen-bond donors (Lipinski definition) is 0. The zero-order chi connectivity index (χ0) is 15.0. The van der Waals surface area contributed by atoms with E-state index in [2.05, 4.69) is 13.5 Å². The second-order valence-corrected chi connectivity index (χ2v) is 8.36. The van der Waals surface area contributed by atoms with Gasteiger partial charge in [0, 0.05) is 26.9 Å². The molecule has 1 fully saturated rings. The van der Waals surface area contributed by atoms with E-state index >= 15 is 0 Å². The van der Waals surface area contributed by atoms with Crippen LogP contribution in [0, 0.1) is 0 Å². The predicted molar refractivity (Wildman–Crippen MR) is 79.7 cm³/mol. The fourth-order valence-corrected chi connectivity index (χ4v) is 5.05. The molecule has 0 bridgehead atoms. The Morgan fingerprint density at radius 1 is 1.30 bits per heavy atom. The van der Waals surface area contributed by atoms with E-state index in [1.807, 2.05) is 6.08 Å². The Bertz CT molecular complexity index is 270. The van der Waals surface area contributed by atoms with Crippen LogP contribution < -0.4 is 0 Å². The van der Waals surface area contributed by atoms with Crippen molar-refractivity contribution in [3.8, 4) is 0 Å². The van der Waals surface area contributed by atoms with Gasteiger partial charge in [0.15, 0.2) is 0 Å². The van der Waals surface area contributed by atoms with Crippen LogP contribution in [0.25, 0.3) is 0 Å². The van der Waals surface area contributed by atoms with Crippen molar-refractivity contribution in [2.45, 2.75) is 43.9 Å². The summed E-state index contributed by atoms with van der Waals surface area (Å²) in [5.74, 6) is 0. The molecule has 0 aromatic heterocycles. The highest BCUT2D eigenvalue weighted by Gasteiger charge is 2.47. The third-order valence-electron chi connectivity index (χ3n) is 3.66. The van der Waals surface area contributed by atoms with Crippen LogP contribution in [-0.4, -0.2) is 55.6 Å². The van der Waals surface area contributed by atoms with Crippen molar-refractivity contribution >= 4 is 8.80 Å². The zero-order valence-electron chi connectivity index (χ0n) is 13.1. The van der Waals surface area contributed by atoms with Crippen LogP contribution in [0.3, 0.4) is 0 Å². The topological polar surface area (TPSA) is 49.5 Å².